The number of nitrogens with one attached hydrogen (secondary N) is 2. The van der Waals surface area contributed by atoms with Gasteiger partial charge in [0.15, 0.2) is 0 Å². The molecule has 0 aliphatic heterocycles. The van der Waals surface area contributed by atoms with Gasteiger partial charge in [0.25, 0.3) is 0 Å². The highest BCUT2D eigenvalue weighted by atomic mass is 35.5. The highest BCUT2D eigenvalue weighted by Crippen LogP contribution is 2.11. The van der Waals surface area contributed by atoms with Gasteiger partial charge in [-0.3, -0.25) is 0 Å². The first-order chi connectivity index (χ1) is 7.51. The van der Waals surface area contributed by atoms with Crippen molar-refractivity contribution in [3.05, 3.63) is 5.28 Å². The Morgan fingerprint density at radius 2 is 1.88 bits per heavy atom. The molecular formula is C9H16ClN5O. The third kappa shape index (κ3) is 4.16. The number of halogens is 1. The second-order valence-corrected chi connectivity index (χ2v) is 3.97. The Morgan fingerprint density at radius 3 is 2.44 bits per heavy atom. The van der Waals surface area contributed by atoms with Crippen LogP contribution in [0.1, 0.15) is 20.3 Å². The van der Waals surface area contributed by atoms with Gasteiger partial charge in [-0.15, -0.1) is 0 Å². The highest BCUT2D eigenvalue weighted by Gasteiger charge is 2.09. The van der Waals surface area contributed by atoms with Crippen molar-refractivity contribution in [3.63, 3.8) is 0 Å². The van der Waals surface area contributed by atoms with E-state index in [2.05, 4.69) is 25.6 Å². The first-order valence-electron chi connectivity index (χ1n) is 5.05. The van der Waals surface area contributed by atoms with E-state index in [0.717, 1.165) is 0 Å². The molecule has 16 heavy (non-hydrogen) atoms. The third-order valence-corrected chi connectivity index (χ3v) is 2.07. The number of hydrogen-bond acceptors (Lipinski definition) is 6. The summed E-state index contributed by atoms with van der Waals surface area (Å²) in [6.45, 7) is 3.67. The van der Waals surface area contributed by atoms with Gasteiger partial charge in [0.2, 0.25) is 17.2 Å². The van der Waals surface area contributed by atoms with Gasteiger partial charge in [-0.25, -0.2) is 0 Å². The normalized spacial score (nSPS) is 14.3. The molecule has 90 valence electrons. The van der Waals surface area contributed by atoms with Gasteiger partial charge in [-0.1, -0.05) is 0 Å². The van der Waals surface area contributed by atoms with Crippen molar-refractivity contribution < 1.29 is 5.11 Å². The Morgan fingerprint density at radius 1 is 1.25 bits per heavy atom. The van der Waals surface area contributed by atoms with Crippen molar-refractivity contribution in [1.29, 1.82) is 0 Å². The summed E-state index contributed by atoms with van der Waals surface area (Å²) in [7, 11) is 1.70. The maximum absolute atomic E-state index is 9.22. The Labute approximate surface area is 99.5 Å². The van der Waals surface area contributed by atoms with E-state index in [-0.39, 0.29) is 17.4 Å². The predicted octanol–water partition coefficient (Wildman–Crippen LogP) is 1.14. The number of aliphatic hydroxyl groups is 1. The zero-order chi connectivity index (χ0) is 12.1. The lowest BCUT2D eigenvalue weighted by atomic mass is 10.2. The van der Waals surface area contributed by atoms with E-state index in [4.69, 9.17) is 11.6 Å². The van der Waals surface area contributed by atoms with Crippen LogP contribution in [0.15, 0.2) is 0 Å². The third-order valence-electron chi connectivity index (χ3n) is 1.90. The minimum Gasteiger partial charge on any atom is -0.393 e. The van der Waals surface area contributed by atoms with Gasteiger partial charge in [0.1, 0.15) is 0 Å². The standard InChI is InChI=1S/C9H16ClN5O/c1-5(4-6(2)16)12-9-14-7(10)13-8(11-3)15-9/h5-6,16H,4H2,1-3H3,(H2,11,12,13,14,15). The molecule has 0 spiro atoms. The van der Waals surface area contributed by atoms with Crippen molar-refractivity contribution in [2.75, 3.05) is 17.7 Å². The van der Waals surface area contributed by atoms with Crippen LogP contribution in [0, 0.1) is 0 Å². The summed E-state index contributed by atoms with van der Waals surface area (Å²) in [6, 6.07) is 0.0585. The van der Waals surface area contributed by atoms with Crippen LogP contribution in [0.2, 0.25) is 5.28 Å². The zero-order valence-corrected chi connectivity index (χ0v) is 10.3. The zero-order valence-electron chi connectivity index (χ0n) is 9.53. The van der Waals surface area contributed by atoms with E-state index in [1.54, 1.807) is 14.0 Å². The van der Waals surface area contributed by atoms with Crippen LogP contribution in [0.4, 0.5) is 11.9 Å². The lowest BCUT2D eigenvalue weighted by Crippen LogP contribution is -2.22. The van der Waals surface area contributed by atoms with Crippen LogP contribution >= 0.6 is 11.6 Å². The fraction of sp³-hybridized carbons (Fsp3) is 0.667. The largest absolute Gasteiger partial charge is 0.393 e. The number of anilines is 2. The van der Waals surface area contributed by atoms with Crippen LogP contribution in [-0.2, 0) is 0 Å². The quantitative estimate of drug-likeness (QED) is 0.722. The topological polar surface area (TPSA) is 83.0 Å². The number of aromatic nitrogens is 3. The molecule has 0 amide bonds. The Kier molecular flexibility index (Phi) is 4.70. The second-order valence-electron chi connectivity index (χ2n) is 3.63. The lowest BCUT2D eigenvalue weighted by Gasteiger charge is -2.15. The Hall–Kier alpha value is -1.14. The van der Waals surface area contributed by atoms with E-state index in [9.17, 15) is 5.11 Å². The molecule has 0 aliphatic carbocycles. The first-order valence-corrected chi connectivity index (χ1v) is 5.43. The molecule has 0 radical (unpaired) electrons. The molecule has 2 unspecified atom stereocenters. The molecule has 0 saturated carbocycles. The van der Waals surface area contributed by atoms with Gasteiger partial charge in [0, 0.05) is 13.1 Å². The van der Waals surface area contributed by atoms with Gasteiger partial charge >= 0.3 is 0 Å². The summed E-state index contributed by atoms with van der Waals surface area (Å²) in [5, 5.41) is 15.2. The van der Waals surface area contributed by atoms with Crippen LogP contribution in [0.5, 0.6) is 0 Å². The molecule has 2 atom stereocenters. The van der Waals surface area contributed by atoms with Crippen LogP contribution in [0.25, 0.3) is 0 Å². The van der Waals surface area contributed by atoms with E-state index in [1.165, 1.54) is 0 Å². The predicted molar refractivity (Wildman–Crippen MR) is 63.8 cm³/mol. The molecule has 0 fully saturated rings. The summed E-state index contributed by atoms with van der Waals surface area (Å²) in [4.78, 5) is 11.9. The lowest BCUT2D eigenvalue weighted by molar-refractivity contribution is 0.179. The molecule has 6 nitrogen and oxygen atoms in total. The summed E-state index contributed by atoms with van der Waals surface area (Å²) in [5.74, 6) is 0.809. The highest BCUT2D eigenvalue weighted by molar-refractivity contribution is 6.28. The minimum atomic E-state index is -0.372. The van der Waals surface area contributed by atoms with E-state index in [0.29, 0.717) is 18.3 Å². The average Bonchev–Trinajstić information content (AvgIpc) is 2.14. The van der Waals surface area contributed by atoms with Crippen molar-refractivity contribution in [1.82, 2.24) is 15.0 Å². The van der Waals surface area contributed by atoms with Crippen LogP contribution in [0.3, 0.4) is 0 Å². The first kappa shape index (κ1) is 12.9. The van der Waals surface area contributed by atoms with Crippen molar-refractivity contribution in [3.8, 4) is 0 Å². The van der Waals surface area contributed by atoms with Gasteiger partial charge in [-0.05, 0) is 31.9 Å². The molecule has 1 rings (SSSR count). The molecule has 1 heterocycles. The van der Waals surface area contributed by atoms with Gasteiger partial charge in [-0.2, -0.15) is 15.0 Å². The average molecular weight is 246 g/mol. The van der Waals surface area contributed by atoms with E-state index < -0.39 is 0 Å². The fourth-order valence-electron chi connectivity index (χ4n) is 1.32. The maximum atomic E-state index is 9.22. The summed E-state index contributed by atoms with van der Waals surface area (Å²) in [6.07, 6.45) is 0.238. The number of nitrogens with zero attached hydrogens (tertiary/aromatic N) is 3. The molecular weight excluding hydrogens is 230 g/mol. The Bertz CT molecular complexity index is 347. The Balaban J connectivity index is 2.69. The van der Waals surface area contributed by atoms with E-state index >= 15 is 0 Å². The number of aliphatic hydroxyl groups excluding tert-OH is 1. The summed E-state index contributed by atoms with van der Waals surface area (Å²) in [5.41, 5.74) is 0. The van der Waals surface area contributed by atoms with Crippen LogP contribution in [-0.4, -0.2) is 39.3 Å². The molecule has 1 aromatic heterocycles. The van der Waals surface area contributed by atoms with E-state index in [1.807, 2.05) is 6.92 Å². The fourth-order valence-corrected chi connectivity index (χ4v) is 1.48. The molecule has 3 N–H and O–H groups in total. The smallest absolute Gasteiger partial charge is 0.229 e. The molecule has 7 heteroatoms. The number of rotatable bonds is 5. The molecule has 0 aliphatic rings. The molecule has 0 aromatic carbocycles. The summed E-state index contributed by atoms with van der Waals surface area (Å²) >= 11 is 5.73. The summed E-state index contributed by atoms with van der Waals surface area (Å²) < 4.78 is 0. The number of hydrogen-bond donors (Lipinski definition) is 3. The van der Waals surface area contributed by atoms with Gasteiger partial charge in [0.05, 0.1) is 6.10 Å². The maximum Gasteiger partial charge on any atom is 0.229 e. The minimum absolute atomic E-state index is 0.0585. The van der Waals surface area contributed by atoms with Crippen molar-refractivity contribution in [2.24, 2.45) is 0 Å². The van der Waals surface area contributed by atoms with Crippen molar-refractivity contribution >= 4 is 23.5 Å². The molecule has 1 aromatic rings. The SMILES string of the molecule is CNc1nc(Cl)nc(NC(C)CC(C)O)n1. The second kappa shape index (κ2) is 5.81. The van der Waals surface area contributed by atoms with Crippen LogP contribution < -0.4 is 10.6 Å². The van der Waals surface area contributed by atoms with Crippen molar-refractivity contribution in [2.45, 2.75) is 32.4 Å². The van der Waals surface area contributed by atoms with Gasteiger partial charge < -0.3 is 15.7 Å². The molecule has 0 bridgehead atoms. The monoisotopic (exact) mass is 245 g/mol. The molecule has 0 saturated heterocycles.